The van der Waals surface area contributed by atoms with Crippen molar-refractivity contribution in [3.8, 4) is 0 Å². The molecule has 0 amide bonds. The van der Waals surface area contributed by atoms with Crippen LogP contribution in [0.1, 0.15) is 23.6 Å². The van der Waals surface area contributed by atoms with E-state index in [1.807, 2.05) is 121 Å². The van der Waals surface area contributed by atoms with E-state index in [-0.39, 0.29) is 6.61 Å². The monoisotopic (exact) mass is 584 g/mol. The number of carbonyl (C=O) groups is 1. The highest BCUT2D eigenvalue weighted by Crippen LogP contribution is 2.38. The predicted octanol–water partition coefficient (Wildman–Crippen LogP) is 6.82. The van der Waals surface area contributed by atoms with Crippen LogP contribution >= 0.6 is 11.8 Å². The Morgan fingerprint density at radius 3 is 1.64 bits per heavy atom. The van der Waals surface area contributed by atoms with E-state index in [0.717, 1.165) is 21.6 Å². The van der Waals surface area contributed by atoms with Crippen molar-refractivity contribution in [1.29, 1.82) is 0 Å². The van der Waals surface area contributed by atoms with Crippen molar-refractivity contribution in [3.63, 3.8) is 0 Å². The van der Waals surface area contributed by atoms with Crippen molar-refractivity contribution in [2.24, 2.45) is 0 Å². The molecule has 0 saturated carbocycles. The van der Waals surface area contributed by atoms with Gasteiger partial charge in [-0.1, -0.05) is 121 Å². The van der Waals surface area contributed by atoms with E-state index in [1.165, 1.54) is 18.7 Å². The van der Waals surface area contributed by atoms with Crippen LogP contribution in [0.3, 0.4) is 0 Å². The van der Waals surface area contributed by atoms with Gasteiger partial charge in [0, 0.05) is 11.8 Å². The van der Waals surface area contributed by atoms with Gasteiger partial charge in [0.25, 0.3) is 0 Å². The summed E-state index contributed by atoms with van der Waals surface area (Å²) in [4.78, 5) is 13.4. The van der Waals surface area contributed by atoms with Crippen LogP contribution < -0.4 is 0 Å². The van der Waals surface area contributed by atoms with Gasteiger partial charge in [-0.3, -0.25) is 4.79 Å². The van der Waals surface area contributed by atoms with Gasteiger partial charge >= 0.3 is 5.97 Å². The summed E-state index contributed by atoms with van der Waals surface area (Å²) < 4.78 is 32.0. The highest BCUT2D eigenvalue weighted by molar-refractivity contribution is 7.99. The van der Waals surface area contributed by atoms with Crippen molar-refractivity contribution < 1.29 is 28.5 Å². The molecule has 218 valence electrons. The van der Waals surface area contributed by atoms with Crippen LogP contribution in [0.4, 0.5) is 0 Å². The van der Waals surface area contributed by atoms with Gasteiger partial charge in [-0.25, -0.2) is 0 Å². The quantitative estimate of drug-likeness (QED) is 0.160. The topological polar surface area (TPSA) is 63.2 Å². The van der Waals surface area contributed by atoms with E-state index < -0.39 is 35.8 Å². The zero-order chi connectivity index (χ0) is 29.0. The second-order valence-corrected chi connectivity index (χ2v) is 11.2. The number of rotatable bonds is 13. The third-order valence-corrected chi connectivity index (χ3v) is 8.01. The second-order valence-electron chi connectivity index (χ2n) is 10.1. The van der Waals surface area contributed by atoms with Crippen LogP contribution in [-0.2, 0) is 48.3 Å². The minimum Gasteiger partial charge on any atom is -0.456 e. The molecule has 5 rings (SSSR count). The number of hydrogen-bond donors (Lipinski definition) is 0. The molecule has 0 bridgehead atoms. The smallest absolute Gasteiger partial charge is 0.303 e. The van der Waals surface area contributed by atoms with Crippen LogP contribution in [0.15, 0.2) is 126 Å². The Kier molecular flexibility index (Phi) is 11.2. The lowest BCUT2D eigenvalue weighted by Crippen LogP contribution is -2.60. The molecule has 0 aliphatic carbocycles. The molecule has 1 aliphatic rings. The average Bonchev–Trinajstić information content (AvgIpc) is 3.02. The van der Waals surface area contributed by atoms with Crippen LogP contribution in [0.2, 0.25) is 0 Å². The third-order valence-electron chi connectivity index (χ3n) is 6.85. The first-order valence-corrected chi connectivity index (χ1v) is 15.0. The van der Waals surface area contributed by atoms with Gasteiger partial charge in [-0.05, 0) is 28.8 Å². The Morgan fingerprint density at radius 2 is 1.12 bits per heavy atom. The standard InChI is InChI=1S/C35H36O6S/c1-26(36)40-34-33(39-24-29-18-10-4-11-19-29)32(38-23-28-16-8-3-9-17-28)31(25-37-22-27-14-6-2-7-15-27)41-35(34)42-30-20-12-5-13-21-30/h2-21,31-35H,22-25H2,1H3/t31-,32-,33+,34+,35-/m1/s1. The van der Waals surface area contributed by atoms with Gasteiger partial charge in [0.05, 0.1) is 26.4 Å². The van der Waals surface area contributed by atoms with E-state index in [9.17, 15) is 4.79 Å². The summed E-state index contributed by atoms with van der Waals surface area (Å²) in [5, 5.41) is 0. The van der Waals surface area contributed by atoms with Crippen molar-refractivity contribution in [2.75, 3.05) is 6.61 Å². The number of ether oxygens (including phenoxy) is 5. The molecule has 0 unspecified atom stereocenters. The van der Waals surface area contributed by atoms with E-state index in [1.54, 1.807) is 0 Å². The zero-order valence-corrected chi connectivity index (χ0v) is 24.4. The number of benzene rings is 4. The fourth-order valence-electron chi connectivity index (χ4n) is 4.85. The molecule has 1 fully saturated rings. The number of hydrogen-bond acceptors (Lipinski definition) is 7. The molecule has 42 heavy (non-hydrogen) atoms. The summed E-state index contributed by atoms with van der Waals surface area (Å²) in [5.74, 6) is -0.406. The Balaban J connectivity index is 1.44. The minimum absolute atomic E-state index is 0.276. The van der Waals surface area contributed by atoms with Gasteiger partial charge < -0.3 is 23.7 Å². The van der Waals surface area contributed by atoms with E-state index in [4.69, 9.17) is 23.7 Å². The largest absolute Gasteiger partial charge is 0.456 e. The predicted molar refractivity (Wildman–Crippen MR) is 163 cm³/mol. The molecule has 7 heteroatoms. The lowest BCUT2D eigenvalue weighted by Gasteiger charge is -2.45. The van der Waals surface area contributed by atoms with Gasteiger partial charge in [0.15, 0.2) is 6.10 Å². The maximum absolute atomic E-state index is 12.4. The van der Waals surface area contributed by atoms with E-state index in [0.29, 0.717) is 19.8 Å². The van der Waals surface area contributed by atoms with E-state index >= 15 is 0 Å². The van der Waals surface area contributed by atoms with E-state index in [2.05, 4.69) is 0 Å². The summed E-state index contributed by atoms with van der Waals surface area (Å²) in [6.07, 6.45) is -2.38. The molecule has 0 radical (unpaired) electrons. The average molecular weight is 585 g/mol. The zero-order valence-electron chi connectivity index (χ0n) is 23.6. The molecule has 0 spiro atoms. The summed E-state index contributed by atoms with van der Waals surface area (Å²) in [6, 6.07) is 39.9. The second kappa shape index (κ2) is 15.7. The fourth-order valence-corrected chi connectivity index (χ4v) is 5.97. The summed E-state index contributed by atoms with van der Waals surface area (Å²) in [7, 11) is 0. The molecule has 1 aliphatic heterocycles. The number of esters is 1. The Labute approximate surface area is 251 Å². The first kappa shape index (κ1) is 30.0. The summed E-state index contributed by atoms with van der Waals surface area (Å²) in [5.41, 5.74) is 2.56. The van der Waals surface area contributed by atoms with Crippen LogP contribution in [0, 0.1) is 0 Å². The SMILES string of the molecule is CC(=O)O[C@H]1[C@@H](OCc2ccccc2)[C@H](OCc2ccccc2)[C@@H](COCc2ccccc2)O[C@@H]1Sc1ccccc1. The molecule has 4 aromatic carbocycles. The molecule has 5 atom stereocenters. The summed E-state index contributed by atoms with van der Waals surface area (Å²) >= 11 is 1.50. The lowest BCUT2D eigenvalue weighted by atomic mass is 9.99. The Hall–Kier alpha value is -3.46. The van der Waals surface area contributed by atoms with Crippen molar-refractivity contribution in [3.05, 3.63) is 138 Å². The molecule has 0 aromatic heterocycles. The molecular formula is C35H36O6S. The molecule has 0 N–H and O–H groups in total. The molecule has 6 nitrogen and oxygen atoms in total. The molecule has 4 aromatic rings. The first-order valence-electron chi connectivity index (χ1n) is 14.1. The number of carbonyl (C=O) groups excluding carboxylic acids is 1. The molecular weight excluding hydrogens is 548 g/mol. The lowest BCUT2D eigenvalue weighted by molar-refractivity contribution is -0.249. The Bertz CT molecular complexity index is 1340. The molecule has 1 heterocycles. The minimum atomic E-state index is -0.720. The van der Waals surface area contributed by atoms with Gasteiger partial charge in [0.2, 0.25) is 0 Å². The maximum atomic E-state index is 12.4. The van der Waals surface area contributed by atoms with Crippen molar-refractivity contribution in [1.82, 2.24) is 0 Å². The third kappa shape index (κ3) is 8.77. The van der Waals surface area contributed by atoms with Gasteiger partial charge in [-0.15, -0.1) is 0 Å². The van der Waals surface area contributed by atoms with Crippen molar-refractivity contribution >= 4 is 17.7 Å². The maximum Gasteiger partial charge on any atom is 0.303 e. The normalized spacial score (nSPS) is 22.0. The van der Waals surface area contributed by atoms with Gasteiger partial charge in [0.1, 0.15) is 23.7 Å². The van der Waals surface area contributed by atoms with Crippen LogP contribution in [0.25, 0.3) is 0 Å². The number of thioether (sulfide) groups is 1. The highest BCUT2D eigenvalue weighted by atomic mass is 32.2. The first-order chi connectivity index (χ1) is 20.7. The summed E-state index contributed by atoms with van der Waals surface area (Å²) in [6.45, 7) is 2.80. The van der Waals surface area contributed by atoms with Crippen LogP contribution in [0.5, 0.6) is 0 Å². The highest BCUT2D eigenvalue weighted by Gasteiger charge is 2.50. The van der Waals surface area contributed by atoms with Crippen molar-refractivity contribution in [2.45, 2.75) is 61.5 Å². The van der Waals surface area contributed by atoms with Crippen LogP contribution in [-0.4, -0.2) is 42.4 Å². The van der Waals surface area contributed by atoms with Gasteiger partial charge in [-0.2, -0.15) is 0 Å². The Morgan fingerprint density at radius 1 is 0.643 bits per heavy atom. The molecule has 1 saturated heterocycles. The fraction of sp³-hybridized carbons (Fsp3) is 0.286.